The highest BCUT2D eigenvalue weighted by molar-refractivity contribution is 9.10. The third-order valence-corrected chi connectivity index (χ3v) is 4.33. The van der Waals surface area contributed by atoms with Gasteiger partial charge in [-0.3, -0.25) is 5.43 Å². The van der Waals surface area contributed by atoms with Gasteiger partial charge in [0.05, 0.1) is 20.9 Å². The van der Waals surface area contributed by atoms with Crippen LogP contribution in [0.1, 0.15) is 5.56 Å². The SMILES string of the molecule is Oc1cc(O)c(/C=N/Nc2nc3ccccc3s2)cc1Br. The number of aromatic hydroxyl groups is 2. The maximum atomic E-state index is 9.71. The number of aromatic nitrogens is 1. The molecule has 0 aliphatic rings. The number of rotatable bonds is 3. The second kappa shape index (κ2) is 5.71. The highest BCUT2D eigenvalue weighted by atomic mass is 79.9. The van der Waals surface area contributed by atoms with Crippen molar-refractivity contribution in [2.24, 2.45) is 5.10 Å². The summed E-state index contributed by atoms with van der Waals surface area (Å²) >= 11 is 4.68. The number of thiazole rings is 1. The minimum atomic E-state index is -0.0504. The van der Waals surface area contributed by atoms with E-state index in [1.54, 1.807) is 6.07 Å². The molecule has 1 heterocycles. The molecule has 0 atom stereocenters. The molecule has 0 radical (unpaired) electrons. The lowest BCUT2D eigenvalue weighted by Crippen LogP contribution is -1.90. The molecule has 3 N–H and O–H groups in total. The van der Waals surface area contributed by atoms with E-state index in [0.717, 1.165) is 10.2 Å². The van der Waals surface area contributed by atoms with Crippen molar-refractivity contribution in [2.45, 2.75) is 0 Å². The Morgan fingerprint density at radius 2 is 2.00 bits per heavy atom. The van der Waals surface area contributed by atoms with E-state index in [9.17, 15) is 10.2 Å². The molecular weight excluding hydrogens is 354 g/mol. The Morgan fingerprint density at radius 1 is 1.19 bits per heavy atom. The highest BCUT2D eigenvalue weighted by Crippen LogP contribution is 2.30. The number of phenolic OH excluding ortho intramolecular Hbond substituents is 2. The van der Waals surface area contributed by atoms with E-state index in [0.29, 0.717) is 15.2 Å². The number of hydrazone groups is 1. The average molecular weight is 364 g/mol. The average Bonchev–Trinajstić information content (AvgIpc) is 2.87. The number of nitrogens with zero attached hydrogens (tertiary/aromatic N) is 2. The second-order valence-corrected chi connectivity index (χ2v) is 6.10. The Bertz CT molecular complexity index is 799. The summed E-state index contributed by atoms with van der Waals surface area (Å²) in [6.45, 7) is 0. The van der Waals surface area contributed by atoms with E-state index in [-0.39, 0.29) is 11.5 Å². The zero-order chi connectivity index (χ0) is 14.8. The van der Waals surface area contributed by atoms with Gasteiger partial charge < -0.3 is 10.2 Å². The molecule has 0 saturated carbocycles. The smallest absolute Gasteiger partial charge is 0.204 e. The minimum absolute atomic E-state index is 0.0243. The van der Waals surface area contributed by atoms with Gasteiger partial charge in [0.1, 0.15) is 11.5 Å². The second-order valence-electron chi connectivity index (χ2n) is 4.22. The van der Waals surface area contributed by atoms with Crippen molar-refractivity contribution in [3.63, 3.8) is 0 Å². The number of phenols is 2. The van der Waals surface area contributed by atoms with Crippen LogP contribution in [-0.2, 0) is 0 Å². The summed E-state index contributed by atoms with van der Waals surface area (Å²) < 4.78 is 1.56. The lowest BCUT2D eigenvalue weighted by molar-refractivity contribution is 0.448. The highest BCUT2D eigenvalue weighted by Gasteiger charge is 2.05. The topological polar surface area (TPSA) is 77.7 Å². The predicted molar refractivity (Wildman–Crippen MR) is 88.3 cm³/mol. The Labute approximate surface area is 132 Å². The van der Waals surface area contributed by atoms with Gasteiger partial charge in [-0.1, -0.05) is 23.5 Å². The number of halogens is 1. The summed E-state index contributed by atoms with van der Waals surface area (Å²) in [5.74, 6) is -0.0747. The van der Waals surface area contributed by atoms with Crippen LogP contribution >= 0.6 is 27.3 Å². The summed E-state index contributed by atoms with van der Waals surface area (Å²) in [6.07, 6.45) is 1.46. The normalized spacial score (nSPS) is 11.3. The number of fused-ring (bicyclic) bond motifs is 1. The molecule has 0 unspecified atom stereocenters. The molecule has 3 rings (SSSR count). The third kappa shape index (κ3) is 2.98. The maximum Gasteiger partial charge on any atom is 0.204 e. The van der Waals surface area contributed by atoms with Crippen molar-refractivity contribution in [3.8, 4) is 11.5 Å². The van der Waals surface area contributed by atoms with Crippen molar-refractivity contribution < 1.29 is 10.2 Å². The van der Waals surface area contributed by atoms with Gasteiger partial charge in [0.15, 0.2) is 0 Å². The third-order valence-electron chi connectivity index (χ3n) is 2.75. The van der Waals surface area contributed by atoms with Gasteiger partial charge in [-0.05, 0) is 34.1 Å². The van der Waals surface area contributed by atoms with Crippen LogP contribution in [0.25, 0.3) is 10.2 Å². The Balaban J connectivity index is 1.79. The first-order chi connectivity index (χ1) is 10.1. The van der Waals surface area contributed by atoms with Crippen molar-refractivity contribution in [1.29, 1.82) is 0 Å². The molecule has 0 fully saturated rings. The summed E-state index contributed by atoms with van der Waals surface area (Å²) in [4.78, 5) is 4.38. The fourth-order valence-electron chi connectivity index (χ4n) is 1.75. The molecule has 0 aliphatic carbocycles. The fourth-order valence-corrected chi connectivity index (χ4v) is 2.92. The van der Waals surface area contributed by atoms with Crippen LogP contribution in [0, 0.1) is 0 Å². The number of hydrogen-bond acceptors (Lipinski definition) is 6. The van der Waals surface area contributed by atoms with Gasteiger partial charge in [0.25, 0.3) is 0 Å². The first-order valence-corrected chi connectivity index (χ1v) is 7.60. The fraction of sp³-hybridized carbons (Fsp3) is 0. The Kier molecular flexibility index (Phi) is 3.76. The van der Waals surface area contributed by atoms with Crippen molar-refractivity contribution in [2.75, 3.05) is 5.43 Å². The number of anilines is 1. The number of hydrogen-bond donors (Lipinski definition) is 3. The van der Waals surface area contributed by atoms with Crippen LogP contribution in [0.3, 0.4) is 0 Å². The molecular formula is C14H10BrN3O2S. The van der Waals surface area contributed by atoms with Crippen LogP contribution in [0.15, 0.2) is 46.0 Å². The van der Waals surface area contributed by atoms with Gasteiger partial charge in [-0.15, -0.1) is 0 Å². The van der Waals surface area contributed by atoms with E-state index in [4.69, 9.17) is 0 Å². The number of para-hydroxylation sites is 1. The molecule has 3 aromatic rings. The molecule has 7 heteroatoms. The van der Waals surface area contributed by atoms with Crippen LogP contribution < -0.4 is 5.43 Å². The van der Waals surface area contributed by atoms with Gasteiger partial charge in [-0.2, -0.15) is 5.10 Å². The quantitative estimate of drug-likeness (QED) is 0.486. The van der Waals surface area contributed by atoms with Crippen molar-refractivity contribution >= 4 is 48.8 Å². The van der Waals surface area contributed by atoms with Crippen LogP contribution in [0.4, 0.5) is 5.13 Å². The van der Waals surface area contributed by atoms with E-state index in [1.165, 1.54) is 23.6 Å². The summed E-state index contributed by atoms with van der Waals surface area (Å²) in [6, 6.07) is 10.6. The molecule has 21 heavy (non-hydrogen) atoms. The molecule has 0 saturated heterocycles. The van der Waals surface area contributed by atoms with Crippen LogP contribution in [0.5, 0.6) is 11.5 Å². The van der Waals surface area contributed by atoms with E-state index in [1.807, 2.05) is 24.3 Å². The zero-order valence-corrected chi connectivity index (χ0v) is 13.0. The zero-order valence-electron chi connectivity index (χ0n) is 10.6. The van der Waals surface area contributed by atoms with Crippen molar-refractivity contribution in [3.05, 3.63) is 46.4 Å². The van der Waals surface area contributed by atoms with E-state index >= 15 is 0 Å². The summed E-state index contributed by atoms with van der Waals surface area (Å²) in [5, 5.41) is 23.9. The van der Waals surface area contributed by atoms with E-state index < -0.39 is 0 Å². The van der Waals surface area contributed by atoms with Crippen LogP contribution in [0.2, 0.25) is 0 Å². The summed E-state index contributed by atoms with van der Waals surface area (Å²) in [5.41, 5.74) is 4.22. The molecule has 106 valence electrons. The summed E-state index contributed by atoms with van der Waals surface area (Å²) in [7, 11) is 0. The number of nitrogens with one attached hydrogen (secondary N) is 1. The molecule has 0 bridgehead atoms. The van der Waals surface area contributed by atoms with E-state index in [2.05, 4.69) is 31.4 Å². The largest absolute Gasteiger partial charge is 0.507 e. The van der Waals surface area contributed by atoms with Gasteiger partial charge >= 0.3 is 0 Å². The van der Waals surface area contributed by atoms with Crippen molar-refractivity contribution in [1.82, 2.24) is 4.98 Å². The predicted octanol–water partition coefficient (Wildman–Crippen LogP) is 3.92. The molecule has 5 nitrogen and oxygen atoms in total. The lowest BCUT2D eigenvalue weighted by Gasteiger charge is -2.02. The Hall–Kier alpha value is -2.12. The van der Waals surface area contributed by atoms with Gasteiger partial charge in [0, 0.05) is 11.6 Å². The van der Waals surface area contributed by atoms with Crippen LogP contribution in [-0.4, -0.2) is 21.4 Å². The Morgan fingerprint density at radius 3 is 2.81 bits per heavy atom. The maximum absolute atomic E-state index is 9.71. The molecule has 2 aromatic carbocycles. The molecule has 0 aliphatic heterocycles. The lowest BCUT2D eigenvalue weighted by atomic mass is 10.2. The first-order valence-electron chi connectivity index (χ1n) is 5.99. The minimum Gasteiger partial charge on any atom is -0.507 e. The molecule has 0 amide bonds. The number of benzene rings is 2. The first kappa shape index (κ1) is 13.8. The standard InChI is InChI=1S/C14H10BrN3O2S/c15-9-5-8(11(19)6-12(9)20)7-16-18-14-17-10-3-1-2-4-13(10)21-14/h1-7,19-20H,(H,17,18)/b16-7+. The molecule has 1 aromatic heterocycles. The molecule has 0 spiro atoms. The van der Waals surface area contributed by atoms with Gasteiger partial charge in [0.2, 0.25) is 5.13 Å². The van der Waals surface area contributed by atoms with Gasteiger partial charge in [-0.25, -0.2) is 4.98 Å². The monoisotopic (exact) mass is 363 g/mol.